The van der Waals surface area contributed by atoms with E-state index in [1.807, 2.05) is 32.9 Å². The number of nitrogens with one attached hydrogen (secondary N) is 1. The van der Waals surface area contributed by atoms with Crippen molar-refractivity contribution in [3.8, 4) is 0 Å². The van der Waals surface area contributed by atoms with Crippen molar-refractivity contribution >= 4 is 11.9 Å². The monoisotopic (exact) mass is 242 g/mol. The highest BCUT2D eigenvalue weighted by Gasteiger charge is 2.08. The lowest BCUT2D eigenvalue weighted by Crippen LogP contribution is -2.15. The summed E-state index contributed by atoms with van der Waals surface area (Å²) in [5.74, 6) is -0.0104. The second-order valence-electron chi connectivity index (χ2n) is 4.13. The van der Waals surface area contributed by atoms with Crippen molar-refractivity contribution in [1.29, 1.82) is 0 Å². The highest BCUT2D eigenvalue weighted by Crippen LogP contribution is 2.07. The summed E-state index contributed by atoms with van der Waals surface area (Å²) in [5.41, 5.74) is 3.19. The molecule has 1 aromatic carbocycles. The number of aromatic nitrogens is 3. The number of anilines is 1. The molecule has 0 atom stereocenters. The summed E-state index contributed by atoms with van der Waals surface area (Å²) < 4.78 is 0. The Hall–Kier alpha value is -2.30. The van der Waals surface area contributed by atoms with Crippen LogP contribution in [0.25, 0.3) is 0 Å². The molecule has 0 unspecified atom stereocenters. The molecule has 0 aliphatic heterocycles. The van der Waals surface area contributed by atoms with Gasteiger partial charge in [0.25, 0.3) is 5.91 Å². The first-order valence-electron chi connectivity index (χ1n) is 5.62. The number of amides is 1. The third-order valence-electron chi connectivity index (χ3n) is 2.63. The molecule has 2 aromatic rings. The lowest BCUT2D eigenvalue weighted by molar-refractivity contribution is 0.102. The molecule has 0 bridgehead atoms. The van der Waals surface area contributed by atoms with E-state index in [0.29, 0.717) is 5.56 Å². The molecule has 0 aliphatic rings. The van der Waals surface area contributed by atoms with Gasteiger partial charge in [0, 0.05) is 5.56 Å². The summed E-state index contributed by atoms with van der Waals surface area (Å²) in [4.78, 5) is 16.1. The minimum atomic E-state index is -0.236. The summed E-state index contributed by atoms with van der Waals surface area (Å²) >= 11 is 0. The number of nitrogens with zero attached hydrogens (tertiary/aromatic N) is 3. The average Bonchev–Trinajstić information content (AvgIpc) is 2.34. The van der Waals surface area contributed by atoms with E-state index >= 15 is 0 Å². The van der Waals surface area contributed by atoms with E-state index in [-0.39, 0.29) is 11.9 Å². The fourth-order valence-corrected chi connectivity index (χ4v) is 1.39. The van der Waals surface area contributed by atoms with Crippen LogP contribution in [0.3, 0.4) is 0 Å². The summed E-state index contributed by atoms with van der Waals surface area (Å²) in [6.45, 7) is 5.62. The molecule has 5 heteroatoms. The van der Waals surface area contributed by atoms with Gasteiger partial charge in [-0.1, -0.05) is 17.7 Å². The molecule has 1 heterocycles. The molecular formula is C13H14N4O. The van der Waals surface area contributed by atoms with Gasteiger partial charge < -0.3 is 0 Å². The van der Waals surface area contributed by atoms with E-state index in [2.05, 4.69) is 20.5 Å². The van der Waals surface area contributed by atoms with Gasteiger partial charge >= 0.3 is 0 Å². The van der Waals surface area contributed by atoms with E-state index in [9.17, 15) is 4.79 Å². The zero-order valence-corrected chi connectivity index (χ0v) is 10.6. The minimum Gasteiger partial charge on any atom is -0.289 e. The fourth-order valence-electron chi connectivity index (χ4n) is 1.39. The predicted molar refractivity (Wildman–Crippen MR) is 68.4 cm³/mol. The maximum atomic E-state index is 11.9. The number of benzene rings is 1. The molecule has 1 N–H and O–H groups in total. The number of hydrogen-bond donors (Lipinski definition) is 1. The van der Waals surface area contributed by atoms with Crippen LogP contribution in [0.2, 0.25) is 0 Å². The van der Waals surface area contributed by atoms with E-state index in [1.165, 1.54) is 0 Å². The lowest BCUT2D eigenvalue weighted by Gasteiger charge is -2.04. The van der Waals surface area contributed by atoms with Gasteiger partial charge in [-0.25, -0.2) is 4.98 Å². The molecule has 0 saturated heterocycles. The molecule has 1 aromatic heterocycles. The van der Waals surface area contributed by atoms with Gasteiger partial charge in [0.15, 0.2) is 0 Å². The second-order valence-corrected chi connectivity index (χ2v) is 4.13. The molecule has 1 amide bonds. The zero-order valence-electron chi connectivity index (χ0n) is 10.6. The molecule has 18 heavy (non-hydrogen) atoms. The Balaban J connectivity index is 2.16. The second kappa shape index (κ2) is 4.91. The van der Waals surface area contributed by atoms with E-state index in [0.717, 1.165) is 17.0 Å². The van der Waals surface area contributed by atoms with E-state index < -0.39 is 0 Å². The van der Waals surface area contributed by atoms with Crippen LogP contribution in [0.1, 0.15) is 27.3 Å². The predicted octanol–water partition coefficient (Wildman–Crippen LogP) is 2.05. The van der Waals surface area contributed by atoms with Crippen molar-refractivity contribution < 1.29 is 4.79 Å². The van der Waals surface area contributed by atoms with Gasteiger partial charge in [-0.05, 0) is 32.9 Å². The third kappa shape index (κ3) is 2.68. The van der Waals surface area contributed by atoms with Crippen LogP contribution in [-0.2, 0) is 0 Å². The lowest BCUT2D eigenvalue weighted by atomic mass is 10.1. The van der Waals surface area contributed by atoms with Gasteiger partial charge in [-0.3, -0.25) is 10.1 Å². The van der Waals surface area contributed by atoms with Gasteiger partial charge in [0.2, 0.25) is 5.95 Å². The Labute approximate surface area is 105 Å². The van der Waals surface area contributed by atoms with E-state index in [1.54, 1.807) is 12.1 Å². The highest BCUT2D eigenvalue weighted by molar-refractivity contribution is 6.03. The first-order chi connectivity index (χ1) is 8.56. The smallest absolute Gasteiger partial charge is 0.258 e. The maximum Gasteiger partial charge on any atom is 0.258 e. The molecule has 0 radical (unpaired) electrons. The van der Waals surface area contributed by atoms with Crippen molar-refractivity contribution in [2.24, 2.45) is 0 Å². The third-order valence-corrected chi connectivity index (χ3v) is 2.63. The first kappa shape index (κ1) is 12.2. The first-order valence-corrected chi connectivity index (χ1v) is 5.62. The zero-order chi connectivity index (χ0) is 13.1. The quantitative estimate of drug-likeness (QED) is 0.875. The number of rotatable bonds is 2. The van der Waals surface area contributed by atoms with E-state index in [4.69, 9.17) is 0 Å². The van der Waals surface area contributed by atoms with Crippen LogP contribution < -0.4 is 5.32 Å². The molecule has 0 saturated carbocycles. The molecular weight excluding hydrogens is 228 g/mol. The molecule has 92 valence electrons. The molecule has 5 nitrogen and oxygen atoms in total. The van der Waals surface area contributed by atoms with Gasteiger partial charge in [0.05, 0.1) is 11.4 Å². The molecule has 0 spiro atoms. The van der Waals surface area contributed by atoms with Crippen LogP contribution in [0.4, 0.5) is 5.95 Å². The van der Waals surface area contributed by atoms with Crippen molar-refractivity contribution in [3.05, 3.63) is 46.8 Å². The summed E-state index contributed by atoms with van der Waals surface area (Å²) in [5, 5.41) is 10.4. The summed E-state index contributed by atoms with van der Waals surface area (Å²) in [7, 11) is 0. The number of hydrogen-bond acceptors (Lipinski definition) is 4. The number of carbonyl (C=O) groups excluding carboxylic acids is 1. The molecule has 2 rings (SSSR count). The van der Waals surface area contributed by atoms with Gasteiger partial charge in [0.1, 0.15) is 0 Å². The Kier molecular flexibility index (Phi) is 3.32. The average molecular weight is 242 g/mol. The number of aryl methyl sites for hydroxylation is 3. The summed E-state index contributed by atoms with van der Waals surface area (Å²) in [6, 6.07) is 7.29. The maximum absolute atomic E-state index is 11.9. The van der Waals surface area contributed by atoms with Crippen LogP contribution in [0, 0.1) is 20.8 Å². The molecule has 0 fully saturated rings. The van der Waals surface area contributed by atoms with Crippen molar-refractivity contribution in [2.75, 3.05) is 5.32 Å². The van der Waals surface area contributed by atoms with Crippen molar-refractivity contribution in [3.63, 3.8) is 0 Å². The Bertz CT molecular complexity index is 578. The Morgan fingerprint density at radius 3 is 2.28 bits per heavy atom. The largest absolute Gasteiger partial charge is 0.289 e. The topological polar surface area (TPSA) is 67.8 Å². The van der Waals surface area contributed by atoms with Crippen molar-refractivity contribution in [1.82, 2.24) is 15.2 Å². The van der Waals surface area contributed by atoms with Crippen LogP contribution in [0.5, 0.6) is 0 Å². The SMILES string of the molecule is Cc1ccc(C(=O)Nc2nnc(C)c(C)n2)cc1. The van der Waals surface area contributed by atoms with Gasteiger partial charge in [-0.15, -0.1) is 5.10 Å². The van der Waals surface area contributed by atoms with Crippen LogP contribution in [0.15, 0.2) is 24.3 Å². The number of carbonyl (C=O) groups is 1. The summed E-state index contributed by atoms with van der Waals surface area (Å²) in [6.07, 6.45) is 0. The minimum absolute atomic E-state index is 0.226. The normalized spacial score (nSPS) is 10.2. The molecule has 0 aliphatic carbocycles. The van der Waals surface area contributed by atoms with Crippen molar-refractivity contribution in [2.45, 2.75) is 20.8 Å². The standard InChI is InChI=1S/C13H14N4O/c1-8-4-6-11(7-5-8)12(18)15-13-14-9(2)10(3)16-17-13/h4-7H,1-3H3,(H,14,15,17,18). The van der Waals surface area contributed by atoms with Crippen LogP contribution in [-0.4, -0.2) is 21.1 Å². The Morgan fingerprint density at radius 2 is 1.67 bits per heavy atom. The highest BCUT2D eigenvalue weighted by atomic mass is 16.1. The fraction of sp³-hybridized carbons (Fsp3) is 0.231. The Morgan fingerprint density at radius 1 is 1.00 bits per heavy atom. The van der Waals surface area contributed by atoms with Gasteiger partial charge in [-0.2, -0.15) is 5.10 Å². The van der Waals surface area contributed by atoms with Crippen LogP contribution >= 0.6 is 0 Å².